The number of nitrogens with two attached hydrogens (primary N) is 1. The molecule has 2 saturated heterocycles. The average Bonchev–Trinajstić information content (AvgIpc) is 3.06. The first-order valence-electron chi connectivity index (χ1n) is 13.4. The van der Waals surface area contributed by atoms with E-state index >= 15 is 0 Å². The first-order chi connectivity index (χ1) is 16.9. The Labute approximate surface area is 212 Å². The molecule has 0 radical (unpaired) electrons. The summed E-state index contributed by atoms with van der Waals surface area (Å²) in [6, 6.07) is 1.18. The van der Waals surface area contributed by atoms with E-state index in [0.717, 1.165) is 44.6 Å². The van der Waals surface area contributed by atoms with Crippen LogP contribution in [0.2, 0.25) is 0 Å². The normalized spacial score (nSPS) is 29.2. The molecule has 2 amide bonds. The number of hydrogen-bond acceptors (Lipinski definition) is 3. The standard InChI is InChI=1S/C28H40F3N3O2/c1-28(2,3)18-4-6-19(7-5-18)33-26(35)15-27(36)34-20-8-9-21(34)11-17(10-20)25(32)13-16-12-23(30)24(31)14-22(16)29/h12,14,17-21,25H,4-11,13,15,32H2,1-3H3,(H,33,35)/t17-,18?,19?,20-,21+,25-/m1/s1. The molecule has 0 aromatic heterocycles. The molecule has 1 aliphatic carbocycles. The van der Waals surface area contributed by atoms with Crippen LogP contribution in [0.5, 0.6) is 0 Å². The van der Waals surface area contributed by atoms with Crippen molar-refractivity contribution in [1.82, 2.24) is 10.2 Å². The summed E-state index contributed by atoms with van der Waals surface area (Å²) in [5.74, 6) is -2.72. The van der Waals surface area contributed by atoms with Gasteiger partial charge in [0, 0.05) is 30.2 Å². The van der Waals surface area contributed by atoms with Gasteiger partial charge < -0.3 is 16.0 Å². The second kappa shape index (κ2) is 10.7. The zero-order valence-corrected chi connectivity index (χ0v) is 21.7. The summed E-state index contributed by atoms with van der Waals surface area (Å²) in [7, 11) is 0. The smallest absolute Gasteiger partial charge is 0.232 e. The molecule has 1 aromatic carbocycles. The van der Waals surface area contributed by atoms with Crippen molar-refractivity contribution in [3.8, 4) is 0 Å². The van der Waals surface area contributed by atoms with E-state index in [0.29, 0.717) is 24.8 Å². The van der Waals surface area contributed by atoms with Crippen molar-refractivity contribution < 1.29 is 22.8 Å². The van der Waals surface area contributed by atoms with Gasteiger partial charge in [0.15, 0.2) is 11.6 Å². The predicted molar refractivity (Wildman–Crippen MR) is 132 cm³/mol. The van der Waals surface area contributed by atoms with E-state index in [1.54, 1.807) is 0 Å². The van der Waals surface area contributed by atoms with Gasteiger partial charge in [-0.15, -0.1) is 0 Å². The summed E-state index contributed by atoms with van der Waals surface area (Å²) in [5, 5.41) is 3.08. The van der Waals surface area contributed by atoms with Gasteiger partial charge >= 0.3 is 0 Å². The lowest BCUT2D eigenvalue weighted by Crippen LogP contribution is -2.51. The molecule has 36 heavy (non-hydrogen) atoms. The lowest BCUT2D eigenvalue weighted by molar-refractivity contribution is -0.140. The number of piperidine rings is 1. The van der Waals surface area contributed by atoms with Crippen LogP contribution in [0.1, 0.15) is 84.1 Å². The molecule has 200 valence electrons. The second-order valence-corrected chi connectivity index (χ2v) is 12.3. The summed E-state index contributed by atoms with van der Waals surface area (Å²) in [4.78, 5) is 27.6. The molecule has 8 heteroatoms. The van der Waals surface area contributed by atoms with Gasteiger partial charge in [-0.3, -0.25) is 9.59 Å². The molecule has 3 N–H and O–H groups in total. The van der Waals surface area contributed by atoms with Crippen LogP contribution in [0.15, 0.2) is 12.1 Å². The third-order valence-corrected chi connectivity index (χ3v) is 8.84. The van der Waals surface area contributed by atoms with E-state index in [4.69, 9.17) is 5.73 Å². The van der Waals surface area contributed by atoms with Crippen molar-refractivity contribution in [1.29, 1.82) is 0 Å². The van der Waals surface area contributed by atoms with E-state index in [9.17, 15) is 22.8 Å². The van der Waals surface area contributed by atoms with E-state index in [1.165, 1.54) is 0 Å². The Bertz CT molecular complexity index is 958. The summed E-state index contributed by atoms with van der Waals surface area (Å²) < 4.78 is 40.9. The number of halogens is 3. The minimum Gasteiger partial charge on any atom is -0.353 e. The number of amides is 2. The van der Waals surface area contributed by atoms with E-state index < -0.39 is 23.5 Å². The molecule has 0 unspecified atom stereocenters. The Morgan fingerprint density at radius 3 is 2.14 bits per heavy atom. The van der Waals surface area contributed by atoms with E-state index in [1.807, 2.05) is 4.90 Å². The summed E-state index contributed by atoms with van der Waals surface area (Å²) in [6.45, 7) is 6.79. The fourth-order valence-electron chi connectivity index (χ4n) is 6.73. The highest BCUT2D eigenvalue weighted by molar-refractivity contribution is 5.97. The van der Waals surface area contributed by atoms with E-state index in [-0.39, 0.29) is 59.7 Å². The third kappa shape index (κ3) is 6.06. The number of nitrogens with one attached hydrogen (secondary N) is 1. The van der Waals surface area contributed by atoms with Gasteiger partial charge in [-0.25, -0.2) is 13.2 Å². The molecule has 4 rings (SSSR count). The van der Waals surface area contributed by atoms with Crippen molar-refractivity contribution in [3.63, 3.8) is 0 Å². The second-order valence-electron chi connectivity index (χ2n) is 12.3. The topological polar surface area (TPSA) is 75.4 Å². The Hall–Kier alpha value is -2.09. The molecular weight excluding hydrogens is 467 g/mol. The number of fused-ring (bicyclic) bond motifs is 2. The molecule has 2 heterocycles. The number of hydrogen-bond donors (Lipinski definition) is 2. The van der Waals surface area contributed by atoms with Crippen molar-refractivity contribution >= 4 is 11.8 Å². The van der Waals surface area contributed by atoms with Gasteiger partial charge in [-0.1, -0.05) is 20.8 Å². The zero-order chi connectivity index (χ0) is 26.2. The fourth-order valence-corrected chi connectivity index (χ4v) is 6.73. The van der Waals surface area contributed by atoms with Crippen LogP contribution in [-0.4, -0.2) is 40.9 Å². The minimum atomic E-state index is -1.21. The molecule has 2 bridgehead atoms. The van der Waals surface area contributed by atoms with Crippen LogP contribution >= 0.6 is 0 Å². The Morgan fingerprint density at radius 2 is 1.56 bits per heavy atom. The number of rotatable bonds is 6. The number of carbonyl (C=O) groups excluding carboxylic acids is 2. The monoisotopic (exact) mass is 507 g/mol. The van der Waals surface area contributed by atoms with Crippen molar-refractivity contribution in [3.05, 3.63) is 35.1 Å². The van der Waals surface area contributed by atoms with E-state index in [2.05, 4.69) is 26.1 Å². The predicted octanol–water partition coefficient (Wildman–Crippen LogP) is 4.85. The minimum absolute atomic E-state index is 0.0112. The van der Waals surface area contributed by atoms with Crippen LogP contribution < -0.4 is 11.1 Å². The molecule has 4 atom stereocenters. The maximum atomic E-state index is 14.1. The maximum absolute atomic E-state index is 14.1. The van der Waals surface area contributed by atoms with Crippen LogP contribution in [-0.2, 0) is 16.0 Å². The van der Waals surface area contributed by atoms with Crippen molar-refractivity contribution in [2.24, 2.45) is 23.0 Å². The van der Waals surface area contributed by atoms with Gasteiger partial charge in [0.1, 0.15) is 12.2 Å². The van der Waals surface area contributed by atoms with Crippen LogP contribution in [0.25, 0.3) is 0 Å². The summed E-state index contributed by atoms with van der Waals surface area (Å²) in [5.41, 5.74) is 6.73. The summed E-state index contributed by atoms with van der Waals surface area (Å²) >= 11 is 0. The van der Waals surface area contributed by atoms with Gasteiger partial charge in [0.05, 0.1) is 0 Å². The Morgan fingerprint density at radius 1 is 0.972 bits per heavy atom. The van der Waals surface area contributed by atoms with Crippen LogP contribution in [0, 0.1) is 34.7 Å². The van der Waals surface area contributed by atoms with Crippen LogP contribution in [0.4, 0.5) is 13.2 Å². The molecule has 5 nitrogen and oxygen atoms in total. The highest BCUT2D eigenvalue weighted by atomic mass is 19.2. The Kier molecular flexibility index (Phi) is 8.03. The fraction of sp³-hybridized carbons (Fsp3) is 0.714. The lowest BCUT2D eigenvalue weighted by Gasteiger charge is -2.41. The van der Waals surface area contributed by atoms with Gasteiger partial charge in [0.25, 0.3) is 0 Å². The Balaban J connectivity index is 1.27. The molecule has 1 aromatic rings. The molecule has 1 saturated carbocycles. The van der Waals surface area contributed by atoms with Gasteiger partial charge in [-0.2, -0.15) is 0 Å². The van der Waals surface area contributed by atoms with Crippen molar-refractivity contribution in [2.75, 3.05) is 0 Å². The van der Waals surface area contributed by atoms with Gasteiger partial charge in [0.2, 0.25) is 11.8 Å². The number of carbonyl (C=O) groups is 2. The van der Waals surface area contributed by atoms with Crippen LogP contribution in [0.3, 0.4) is 0 Å². The first-order valence-corrected chi connectivity index (χ1v) is 13.4. The van der Waals surface area contributed by atoms with Crippen molar-refractivity contribution in [2.45, 2.75) is 109 Å². The molecular formula is C28H40F3N3O2. The SMILES string of the molecule is CC(C)(C)C1CCC(NC(=O)CC(=O)N2[C@@H]3CC[C@H]2C[C@H]([C@H](N)Cc2cc(F)c(F)cc2F)C3)CC1. The first kappa shape index (κ1) is 27.0. The quantitative estimate of drug-likeness (QED) is 0.427. The zero-order valence-electron chi connectivity index (χ0n) is 21.7. The number of nitrogens with zero attached hydrogens (tertiary/aromatic N) is 1. The molecule has 3 fully saturated rings. The molecule has 2 aliphatic heterocycles. The largest absolute Gasteiger partial charge is 0.353 e. The molecule has 0 spiro atoms. The third-order valence-electron chi connectivity index (χ3n) is 8.84. The number of benzene rings is 1. The molecule has 3 aliphatic rings. The lowest BCUT2D eigenvalue weighted by atomic mass is 9.71. The highest BCUT2D eigenvalue weighted by Gasteiger charge is 2.45. The highest BCUT2D eigenvalue weighted by Crippen LogP contribution is 2.41. The summed E-state index contributed by atoms with van der Waals surface area (Å²) in [6.07, 6.45) is 7.13. The average molecular weight is 508 g/mol. The van der Waals surface area contributed by atoms with Gasteiger partial charge in [-0.05, 0) is 86.7 Å². The maximum Gasteiger partial charge on any atom is 0.232 e.